The van der Waals surface area contributed by atoms with E-state index < -0.39 is 0 Å². The Morgan fingerprint density at radius 2 is 1.48 bits per heavy atom. The smallest absolute Gasteiger partial charge is 0.161 e. The monoisotopic (exact) mass is 327 g/mol. The van der Waals surface area contributed by atoms with Crippen molar-refractivity contribution in [2.24, 2.45) is 0 Å². The molecule has 2 rings (SSSR count). The second kappa shape index (κ2) is 7.29. The lowest BCUT2D eigenvalue weighted by Gasteiger charge is -2.12. The normalized spacial score (nSPS) is 10.2. The number of para-hydroxylation sites is 2. The zero-order chi connectivity index (χ0) is 15.2. The number of nitrogen functional groups attached to an aromatic ring is 1. The molecule has 0 saturated carbocycles. The lowest BCUT2D eigenvalue weighted by molar-refractivity contribution is 0.212. The fraction of sp³-hybridized carbons (Fsp3) is 0.200. The van der Waals surface area contributed by atoms with E-state index in [9.17, 15) is 0 Å². The maximum atomic E-state index is 5.92. The van der Waals surface area contributed by atoms with E-state index in [2.05, 4.69) is 0 Å². The third-order valence-electron chi connectivity index (χ3n) is 2.72. The Bertz CT molecular complexity index is 620. The molecule has 0 atom stereocenters. The van der Waals surface area contributed by atoms with Crippen LogP contribution in [0.3, 0.4) is 0 Å². The van der Waals surface area contributed by atoms with Gasteiger partial charge in [0.1, 0.15) is 19.0 Å². The zero-order valence-electron chi connectivity index (χ0n) is 11.4. The number of halogens is 2. The molecule has 0 aliphatic heterocycles. The molecular weight excluding hydrogens is 313 g/mol. The minimum absolute atomic E-state index is 0.320. The molecule has 0 aliphatic rings. The third kappa shape index (κ3) is 4.09. The number of methoxy groups -OCH3 is 1. The van der Waals surface area contributed by atoms with Crippen molar-refractivity contribution in [3.8, 4) is 17.2 Å². The second-order valence-corrected chi connectivity index (χ2v) is 4.97. The summed E-state index contributed by atoms with van der Waals surface area (Å²) in [6, 6.07) is 10.5. The van der Waals surface area contributed by atoms with Gasteiger partial charge in [0.2, 0.25) is 0 Å². The van der Waals surface area contributed by atoms with Crippen LogP contribution < -0.4 is 19.9 Å². The van der Waals surface area contributed by atoms with Crippen LogP contribution in [0.15, 0.2) is 36.4 Å². The van der Waals surface area contributed by atoms with Gasteiger partial charge in [-0.05, 0) is 18.2 Å². The number of hydrogen-bond donors (Lipinski definition) is 1. The highest BCUT2D eigenvalue weighted by molar-refractivity contribution is 6.42. The molecule has 0 saturated heterocycles. The molecule has 0 fully saturated rings. The molecule has 0 heterocycles. The molecule has 0 spiro atoms. The minimum Gasteiger partial charge on any atom is -0.493 e. The molecule has 21 heavy (non-hydrogen) atoms. The predicted molar refractivity (Wildman–Crippen MR) is 84.9 cm³/mol. The largest absolute Gasteiger partial charge is 0.493 e. The highest BCUT2D eigenvalue weighted by Gasteiger charge is 2.07. The third-order valence-corrected chi connectivity index (χ3v) is 3.44. The van der Waals surface area contributed by atoms with Crippen LogP contribution in [0.4, 0.5) is 5.69 Å². The van der Waals surface area contributed by atoms with Gasteiger partial charge >= 0.3 is 0 Å². The lowest BCUT2D eigenvalue weighted by Crippen LogP contribution is -2.10. The quantitative estimate of drug-likeness (QED) is 0.642. The van der Waals surface area contributed by atoms with E-state index in [-0.39, 0.29) is 0 Å². The summed E-state index contributed by atoms with van der Waals surface area (Å²) in [5, 5.41) is 0.790. The summed E-state index contributed by atoms with van der Waals surface area (Å²) in [5.41, 5.74) is 6.23. The van der Waals surface area contributed by atoms with E-state index in [1.54, 1.807) is 19.2 Å². The second-order valence-electron chi connectivity index (χ2n) is 4.15. The summed E-state index contributed by atoms with van der Waals surface area (Å²) in [6.45, 7) is 0.667. The summed E-state index contributed by atoms with van der Waals surface area (Å²) in [7, 11) is 1.59. The Morgan fingerprint density at radius 3 is 2.14 bits per heavy atom. The van der Waals surface area contributed by atoms with Crippen LogP contribution in [0.25, 0.3) is 0 Å². The number of ether oxygens (including phenoxy) is 3. The summed E-state index contributed by atoms with van der Waals surface area (Å²) < 4.78 is 16.3. The molecule has 6 heteroatoms. The van der Waals surface area contributed by atoms with E-state index in [0.29, 0.717) is 46.2 Å². The number of hydrogen-bond acceptors (Lipinski definition) is 4. The molecule has 0 radical (unpaired) electrons. The topological polar surface area (TPSA) is 53.7 Å². The molecule has 2 aromatic carbocycles. The van der Waals surface area contributed by atoms with Crippen molar-refractivity contribution in [1.82, 2.24) is 0 Å². The van der Waals surface area contributed by atoms with Gasteiger partial charge in [0, 0.05) is 6.07 Å². The Morgan fingerprint density at radius 1 is 0.905 bits per heavy atom. The van der Waals surface area contributed by atoms with Gasteiger partial charge in [-0.3, -0.25) is 0 Å². The van der Waals surface area contributed by atoms with Gasteiger partial charge in [-0.1, -0.05) is 35.3 Å². The standard InChI is InChI=1S/C15H15Cl2NO3/c1-19-13-4-2-3-5-14(13)20-6-7-21-15-9-11(17)10(16)8-12(15)18/h2-5,8-9H,6-7,18H2,1H3. The first-order chi connectivity index (χ1) is 10.1. The molecule has 2 aromatic rings. The SMILES string of the molecule is COc1ccccc1OCCOc1cc(Cl)c(Cl)cc1N. The van der Waals surface area contributed by atoms with Crippen molar-refractivity contribution < 1.29 is 14.2 Å². The van der Waals surface area contributed by atoms with Crippen LogP contribution in [-0.4, -0.2) is 20.3 Å². The van der Waals surface area contributed by atoms with Gasteiger partial charge in [-0.15, -0.1) is 0 Å². The maximum absolute atomic E-state index is 5.92. The van der Waals surface area contributed by atoms with Crippen molar-refractivity contribution in [1.29, 1.82) is 0 Å². The van der Waals surface area contributed by atoms with Crippen molar-refractivity contribution in [3.05, 3.63) is 46.4 Å². The van der Waals surface area contributed by atoms with Crippen LogP contribution in [0, 0.1) is 0 Å². The number of benzene rings is 2. The molecule has 0 unspecified atom stereocenters. The van der Waals surface area contributed by atoms with Gasteiger partial charge in [0.05, 0.1) is 22.8 Å². The van der Waals surface area contributed by atoms with Crippen LogP contribution in [-0.2, 0) is 0 Å². The molecule has 0 bridgehead atoms. The van der Waals surface area contributed by atoms with Gasteiger partial charge in [-0.25, -0.2) is 0 Å². The molecule has 0 aromatic heterocycles. The van der Waals surface area contributed by atoms with Gasteiger partial charge in [-0.2, -0.15) is 0 Å². The highest BCUT2D eigenvalue weighted by Crippen LogP contribution is 2.32. The van der Waals surface area contributed by atoms with Crippen LogP contribution in [0.5, 0.6) is 17.2 Å². The minimum atomic E-state index is 0.320. The summed E-state index contributed by atoms with van der Waals surface area (Å²) >= 11 is 11.8. The highest BCUT2D eigenvalue weighted by atomic mass is 35.5. The Labute approximate surface area is 133 Å². The average molecular weight is 328 g/mol. The number of rotatable bonds is 6. The van der Waals surface area contributed by atoms with Crippen molar-refractivity contribution in [2.45, 2.75) is 0 Å². The summed E-state index contributed by atoms with van der Waals surface area (Å²) in [6.07, 6.45) is 0. The van der Waals surface area contributed by atoms with Crippen LogP contribution >= 0.6 is 23.2 Å². The summed E-state index contributed by atoms with van der Waals surface area (Å²) in [4.78, 5) is 0. The van der Waals surface area contributed by atoms with Crippen LogP contribution in [0.1, 0.15) is 0 Å². The molecular formula is C15H15Cl2NO3. The van der Waals surface area contributed by atoms with Gasteiger partial charge in [0.25, 0.3) is 0 Å². The van der Waals surface area contributed by atoms with Crippen LogP contribution in [0.2, 0.25) is 10.0 Å². The fourth-order valence-electron chi connectivity index (χ4n) is 1.71. The summed E-state index contributed by atoms with van der Waals surface area (Å²) in [5.74, 6) is 1.81. The number of nitrogens with two attached hydrogens (primary N) is 1. The zero-order valence-corrected chi connectivity index (χ0v) is 12.9. The van der Waals surface area contributed by atoms with Crippen molar-refractivity contribution >= 4 is 28.9 Å². The fourth-order valence-corrected chi connectivity index (χ4v) is 2.04. The Balaban J connectivity index is 1.89. The van der Waals surface area contributed by atoms with Gasteiger partial charge < -0.3 is 19.9 Å². The lowest BCUT2D eigenvalue weighted by atomic mass is 10.3. The van der Waals surface area contributed by atoms with Crippen molar-refractivity contribution in [3.63, 3.8) is 0 Å². The van der Waals surface area contributed by atoms with Crippen molar-refractivity contribution in [2.75, 3.05) is 26.1 Å². The van der Waals surface area contributed by atoms with E-state index in [1.165, 1.54) is 0 Å². The first-order valence-corrected chi connectivity index (χ1v) is 7.00. The molecule has 112 valence electrons. The molecule has 2 N–H and O–H groups in total. The van der Waals surface area contributed by atoms with E-state index in [4.69, 9.17) is 43.1 Å². The van der Waals surface area contributed by atoms with E-state index in [0.717, 1.165) is 0 Å². The van der Waals surface area contributed by atoms with E-state index in [1.807, 2.05) is 24.3 Å². The molecule has 0 amide bonds. The maximum Gasteiger partial charge on any atom is 0.161 e. The first-order valence-electron chi connectivity index (χ1n) is 6.25. The van der Waals surface area contributed by atoms with E-state index >= 15 is 0 Å². The predicted octanol–water partition coefficient (Wildman–Crippen LogP) is 4.04. The van der Waals surface area contributed by atoms with Gasteiger partial charge in [0.15, 0.2) is 11.5 Å². The molecule has 0 aliphatic carbocycles. The Hall–Kier alpha value is -1.78. The Kier molecular flexibility index (Phi) is 5.42. The molecule has 4 nitrogen and oxygen atoms in total. The number of anilines is 1. The average Bonchev–Trinajstić information content (AvgIpc) is 2.49. The first kappa shape index (κ1) is 15.6.